The lowest BCUT2D eigenvalue weighted by Crippen LogP contribution is -2.66. The summed E-state index contributed by atoms with van der Waals surface area (Å²) in [6, 6.07) is 15.0. The van der Waals surface area contributed by atoms with Crippen LogP contribution in [0.15, 0.2) is 65.6 Å². The van der Waals surface area contributed by atoms with Crippen LogP contribution in [0.4, 0.5) is 0 Å². The molecule has 0 saturated heterocycles. The van der Waals surface area contributed by atoms with Crippen molar-refractivity contribution in [2.45, 2.75) is 37.5 Å². The molecule has 0 bridgehead atoms. The van der Waals surface area contributed by atoms with E-state index in [2.05, 4.69) is 17.3 Å². The van der Waals surface area contributed by atoms with Gasteiger partial charge in [0, 0.05) is 18.1 Å². The van der Waals surface area contributed by atoms with Crippen LogP contribution in [-0.2, 0) is 0 Å². The van der Waals surface area contributed by atoms with E-state index < -0.39 is 17.7 Å². The Labute approximate surface area is 187 Å². The molecule has 1 aromatic carbocycles. The van der Waals surface area contributed by atoms with Gasteiger partial charge in [-0.05, 0) is 48.9 Å². The number of aromatic nitrogens is 1. The number of hydrogen-bond acceptors (Lipinski definition) is 6. The van der Waals surface area contributed by atoms with E-state index >= 15 is 0 Å². The quantitative estimate of drug-likeness (QED) is 0.386. The Morgan fingerprint density at radius 1 is 1.19 bits per heavy atom. The summed E-state index contributed by atoms with van der Waals surface area (Å²) in [6.07, 6.45) is 5.46. The van der Waals surface area contributed by atoms with Crippen LogP contribution in [0, 0.1) is 40.9 Å². The molecule has 0 radical (unpaired) electrons. The van der Waals surface area contributed by atoms with Crippen molar-refractivity contribution in [2.24, 2.45) is 5.92 Å². The van der Waals surface area contributed by atoms with Crippen molar-refractivity contribution in [3.63, 3.8) is 0 Å². The van der Waals surface area contributed by atoms with Crippen LogP contribution < -0.4 is 14.6 Å². The fourth-order valence-corrected chi connectivity index (χ4v) is 4.50. The number of nitriles is 2. The highest BCUT2D eigenvalue weighted by Gasteiger charge is 2.61. The number of nitrogens with one attached hydrogen (secondary N) is 2. The minimum absolute atomic E-state index is 0.0528. The number of hydrogen-bond donors (Lipinski definition) is 3. The molecule has 2 aromatic rings. The Hall–Kier alpha value is -3.90. The van der Waals surface area contributed by atoms with Gasteiger partial charge in [0.1, 0.15) is 17.4 Å². The first-order valence-electron chi connectivity index (χ1n) is 10.4. The van der Waals surface area contributed by atoms with Gasteiger partial charge >= 0.3 is 0 Å². The van der Waals surface area contributed by atoms with Crippen molar-refractivity contribution in [3.05, 3.63) is 76.8 Å². The van der Waals surface area contributed by atoms with E-state index in [1.807, 2.05) is 66.4 Å². The number of aliphatic hydroxyl groups is 1. The zero-order valence-corrected chi connectivity index (χ0v) is 18.0. The van der Waals surface area contributed by atoms with Crippen molar-refractivity contribution in [2.75, 3.05) is 7.11 Å². The first kappa shape index (κ1) is 21.3. The summed E-state index contributed by atoms with van der Waals surface area (Å²) in [5.74, 6) is 2.20. The van der Waals surface area contributed by atoms with Crippen molar-refractivity contribution in [3.8, 4) is 17.9 Å². The largest absolute Gasteiger partial charge is 0.497 e. The molecule has 32 heavy (non-hydrogen) atoms. The lowest BCUT2D eigenvalue weighted by molar-refractivity contribution is -0.742. The minimum atomic E-state index is -1.42. The Morgan fingerprint density at radius 2 is 1.84 bits per heavy atom. The zero-order valence-electron chi connectivity index (χ0n) is 18.0. The number of ether oxygens (including phenoxy) is 1. The van der Waals surface area contributed by atoms with Crippen LogP contribution in [0.25, 0.3) is 0 Å². The molecule has 1 aliphatic heterocycles. The second-order valence-corrected chi connectivity index (χ2v) is 8.26. The van der Waals surface area contributed by atoms with Crippen LogP contribution in [0.3, 0.4) is 0 Å². The zero-order chi connectivity index (χ0) is 22.9. The maximum absolute atomic E-state index is 12.0. The van der Waals surface area contributed by atoms with Crippen LogP contribution >= 0.6 is 0 Å². The predicted octanol–water partition coefficient (Wildman–Crippen LogP) is 2.79. The van der Waals surface area contributed by atoms with Gasteiger partial charge in [-0.25, -0.2) is 0 Å². The highest BCUT2D eigenvalue weighted by molar-refractivity contribution is 5.71. The maximum Gasteiger partial charge on any atom is 0.216 e. The topological polar surface area (TPSA) is 117 Å². The number of nitrogens with zero attached hydrogens (tertiary/aromatic N) is 3. The van der Waals surface area contributed by atoms with Gasteiger partial charge in [0.25, 0.3) is 0 Å². The average Bonchev–Trinajstić information content (AvgIpc) is 3.67. The number of aryl methyl sites for hydroxylation is 1. The van der Waals surface area contributed by atoms with Crippen LogP contribution in [0.1, 0.15) is 35.9 Å². The molecule has 0 spiro atoms. The van der Waals surface area contributed by atoms with Crippen molar-refractivity contribution in [1.82, 2.24) is 5.32 Å². The normalized spacial score (nSPS) is 24.5. The second kappa shape index (κ2) is 8.32. The minimum Gasteiger partial charge on any atom is -0.497 e. The third-order valence-electron chi connectivity index (χ3n) is 6.29. The summed E-state index contributed by atoms with van der Waals surface area (Å²) in [4.78, 5) is 0. The van der Waals surface area contributed by atoms with Crippen molar-refractivity contribution < 1.29 is 14.4 Å². The van der Waals surface area contributed by atoms with Gasteiger partial charge in [-0.3, -0.25) is 5.41 Å². The second-order valence-electron chi connectivity index (χ2n) is 8.26. The molecule has 2 heterocycles. The Bertz CT molecular complexity index is 1190. The monoisotopic (exact) mass is 426 g/mol. The molecule has 3 atom stereocenters. The van der Waals surface area contributed by atoms with Gasteiger partial charge in [-0.1, -0.05) is 12.1 Å². The number of benzene rings is 1. The average molecular weight is 427 g/mol. The molecule has 1 saturated carbocycles. The summed E-state index contributed by atoms with van der Waals surface area (Å²) in [6.45, 7) is 1.99. The number of allylic oxidation sites excluding steroid dienone is 2. The first-order valence-corrected chi connectivity index (χ1v) is 10.4. The summed E-state index contributed by atoms with van der Waals surface area (Å²) in [7, 11) is 1.59. The van der Waals surface area contributed by atoms with Crippen LogP contribution in [0.5, 0.6) is 5.75 Å². The first-order chi connectivity index (χ1) is 15.5. The fourth-order valence-electron chi connectivity index (χ4n) is 4.50. The SMILES string of the molecule is COc1ccc(C2C(C#N)=C(C(=C=N)C#N)NC(O)(C3CC3)C2[n+]2ccc(C)cc2)cc1. The number of rotatable bonds is 5. The summed E-state index contributed by atoms with van der Waals surface area (Å²) >= 11 is 0. The van der Waals surface area contributed by atoms with Gasteiger partial charge in [0.15, 0.2) is 12.4 Å². The molecule has 3 unspecified atom stereocenters. The Kier molecular flexibility index (Phi) is 5.55. The van der Waals surface area contributed by atoms with Gasteiger partial charge < -0.3 is 15.2 Å². The van der Waals surface area contributed by atoms with Crippen LogP contribution in [-0.4, -0.2) is 23.8 Å². The smallest absolute Gasteiger partial charge is 0.216 e. The lowest BCUT2D eigenvalue weighted by Gasteiger charge is -2.43. The molecular formula is C25H24N5O2+. The molecule has 3 N–H and O–H groups in total. The van der Waals surface area contributed by atoms with E-state index in [-0.39, 0.29) is 22.8 Å². The third kappa shape index (κ3) is 3.55. The molecule has 1 aromatic heterocycles. The molecule has 0 amide bonds. The molecule has 1 fully saturated rings. The number of methoxy groups -OCH3 is 1. The molecule has 7 nitrogen and oxygen atoms in total. The van der Waals surface area contributed by atoms with Crippen LogP contribution in [0.2, 0.25) is 0 Å². The van der Waals surface area contributed by atoms with E-state index in [1.54, 1.807) is 7.11 Å². The summed E-state index contributed by atoms with van der Waals surface area (Å²) in [5, 5.41) is 42.5. The fraction of sp³-hybridized carbons (Fsp3) is 0.320. The predicted molar refractivity (Wildman–Crippen MR) is 116 cm³/mol. The maximum atomic E-state index is 12.0. The third-order valence-corrected chi connectivity index (χ3v) is 6.29. The summed E-state index contributed by atoms with van der Waals surface area (Å²) < 4.78 is 7.22. The lowest BCUT2D eigenvalue weighted by atomic mass is 9.73. The standard InChI is InChI=1S/C25H24N5O2/c1-16-9-11-30(12-10-16)24-22(17-3-7-20(32-2)8-4-17)21(15-28)23(18(13-26)14-27)29-25(24,31)19-5-6-19/h3-4,7-12,19,22,24,26,29,31H,5-6H2,1-2H3/q+1. The van der Waals surface area contributed by atoms with E-state index in [0.29, 0.717) is 5.75 Å². The summed E-state index contributed by atoms with van der Waals surface area (Å²) in [5.41, 5.74) is 0.821. The number of pyridine rings is 1. The molecule has 2 aliphatic rings. The van der Waals surface area contributed by atoms with E-state index in [4.69, 9.17) is 10.1 Å². The molecule has 1 aliphatic carbocycles. The van der Waals surface area contributed by atoms with E-state index in [1.165, 1.54) is 0 Å². The Balaban J connectivity index is 2.01. The van der Waals surface area contributed by atoms with Gasteiger partial charge in [-0.15, -0.1) is 0 Å². The molecule has 7 heteroatoms. The van der Waals surface area contributed by atoms with Gasteiger partial charge in [0.05, 0.1) is 30.4 Å². The van der Waals surface area contributed by atoms with Crippen molar-refractivity contribution >= 4 is 5.87 Å². The molecular weight excluding hydrogens is 402 g/mol. The van der Waals surface area contributed by atoms with Crippen molar-refractivity contribution in [1.29, 1.82) is 15.9 Å². The van der Waals surface area contributed by atoms with E-state index in [9.17, 15) is 15.6 Å². The van der Waals surface area contributed by atoms with E-state index in [0.717, 1.165) is 24.0 Å². The highest BCUT2D eigenvalue weighted by Crippen LogP contribution is 2.52. The highest BCUT2D eigenvalue weighted by atomic mass is 16.5. The molecule has 160 valence electrons. The molecule has 4 rings (SSSR count). The van der Waals surface area contributed by atoms with Gasteiger partial charge in [0.2, 0.25) is 11.8 Å². The van der Waals surface area contributed by atoms with Gasteiger partial charge in [-0.2, -0.15) is 15.1 Å². The Morgan fingerprint density at radius 3 is 2.34 bits per heavy atom.